The summed E-state index contributed by atoms with van der Waals surface area (Å²) in [7, 11) is 1.52. The summed E-state index contributed by atoms with van der Waals surface area (Å²) < 4.78 is 5.14. The molecule has 0 bridgehead atoms. The maximum Gasteiger partial charge on any atom is 0.259 e. The Morgan fingerprint density at radius 2 is 1.76 bits per heavy atom. The number of amides is 1. The molecule has 10 nitrogen and oxygen atoms in total. The van der Waals surface area contributed by atoms with Crippen molar-refractivity contribution in [1.82, 2.24) is 20.4 Å². The number of benzene rings is 2. The lowest BCUT2D eigenvalue weighted by Crippen LogP contribution is -2.22. The van der Waals surface area contributed by atoms with Crippen molar-refractivity contribution in [2.45, 2.75) is 44.4 Å². The molecular formula is C27H30N6O4S. The number of hydrogen-bond donors (Lipinski definition) is 4. The molecule has 2 heterocycles. The van der Waals surface area contributed by atoms with Crippen molar-refractivity contribution >= 4 is 28.2 Å². The van der Waals surface area contributed by atoms with Gasteiger partial charge >= 0.3 is 0 Å². The summed E-state index contributed by atoms with van der Waals surface area (Å²) >= 11 is 1.29. The van der Waals surface area contributed by atoms with E-state index in [2.05, 4.69) is 31.0 Å². The van der Waals surface area contributed by atoms with Gasteiger partial charge in [-0.25, -0.2) is 0 Å². The third-order valence-electron chi connectivity index (χ3n) is 5.73. The molecule has 4 rings (SSSR count). The Bertz CT molecular complexity index is 1300. The van der Waals surface area contributed by atoms with E-state index < -0.39 is 18.2 Å². The van der Waals surface area contributed by atoms with Crippen LogP contribution in [0.4, 0.5) is 10.9 Å². The molecule has 2 aromatic heterocycles. The standard InChI is InChI=1S/C27H30N6O4S/c1-37-21-12-7-10-19(17-21)25(35)26(36)29-27-33-32-24(38-27)13-6-5-11-20-14-15-22(31-30-20)28-23(34)16-18-8-3-2-4-9-18/h2-4,7-10,12,14-15,17,23,25,34-35H,5-6,11,13,16H2,1H3,(H,28,31)(H,29,33,36). The van der Waals surface area contributed by atoms with E-state index in [4.69, 9.17) is 4.74 Å². The number of nitrogens with one attached hydrogen (secondary N) is 2. The Morgan fingerprint density at radius 3 is 2.53 bits per heavy atom. The summed E-state index contributed by atoms with van der Waals surface area (Å²) in [4.78, 5) is 12.4. The fourth-order valence-electron chi connectivity index (χ4n) is 3.75. The van der Waals surface area contributed by atoms with Crippen LogP contribution in [0.15, 0.2) is 66.7 Å². The molecule has 0 saturated carbocycles. The number of carbonyl (C=O) groups is 1. The Morgan fingerprint density at radius 1 is 0.947 bits per heavy atom. The van der Waals surface area contributed by atoms with Gasteiger partial charge in [-0.1, -0.05) is 53.8 Å². The van der Waals surface area contributed by atoms with E-state index in [1.807, 2.05) is 42.5 Å². The van der Waals surface area contributed by atoms with E-state index in [9.17, 15) is 15.0 Å². The summed E-state index contributed by atoms with van der Waals surface area (Å²) in [6, 6.07) is 20.2. The average molecular weight is 535 g/mol. The molecule has 0 aliphatic rings. The van der Waals surface area contributed by atoms with Gasteiger partial charge in [-0.2, -0.15) is 5.10 Å². The number of unbranched alkanes of at least 4 members (excludes halogenated alkanes) is 1. The maximum atomic E-state index is 12.4. The topological polar surface area (TPSA) is 142 Å². The van der Waals surface area contributed by atoms with E-state index in [0.717, 1.165) is 35.5 Å². The SMILES string of the molecule is COc1cccc(C(O)C(=O)Nc2nnc(CCCCc3ccc(NC(O)Cc4ccccc4)nn3)s2)c1. The predicted octanol–water partition coefficient (Wildman–Crippen LogP) is 3.55. The molecule has 4 N–H and O–H groups in total. The normalized spacial score (nSPS) is 12.5. The molecule has 2 aromatic carbocycles. The number of nitrogens with zero attached hydrogens (tertiary/aromatic N) is 4. The lowest BCUT2D eigenvalue weighted by Gasteiger charge is -2.13. The molecule has 198 valence electrons. The molecule has 2 atom stereocenters. The molecule has 1 amide bonds. The molecule has 0 spiro atoms. The summed E-state index contributed by atoms with van der Waals surface area (Å²) in [6.45, 7) is 0. The van der Waals surface area contributed by atoms with Gasteiger partial charge in [-0.3, -0.25) is 10.1 Å². The first kappa shape index (κ1) is 27.1. The van der Waals surface area contributed by atoms with Gasteiger partial charge in [0.2, 0.25) is 5.13 Å². The largest absolute Gasteiger partial charge is 0.497 e. The average Bonchev–Trinajstić information content (AvgIpc) is 3.39. The minimum absolute atomic E-state index is 0.343. The van der Waals surface area contributed by atoms with E-state index in [1.165, 1.54) is 18.4 Å². The quantitative estimate of drug-likeness (QED) is 0.150. The van der Waals surface area contributed by atoms with Crippen molar-refractivity contribution in [2.75, 3.05) is 17.7 Å². The van der Waals surface area contributed by atoms with Gasteiger partial charge in [-0.15, -0.1) is 15.3 Å². The Balaban J connectivity index is 1.17. The molecule has 11 heteroatoms. The van der Waals surface area contributed by atoms with Crippen LogP contribution in [-0.4, -0.2) is 49.9 Å². The van der Waals surface area contributed by atoms with Crippen LogP contribution in [0.1, 0.15) is 40.8 Å². The molecule has 0 radical (unpaired) electrons. The first-order valence-corrected chi connectivity index (χ1v) is 13.1. The van der Waals surface area contributed by atoms with Crippen LogP contribution in [0.5, 0.6) is 5.75 Å². The van der Waals surface area contributed by atoms with Crippen LogP contribution in [0.25, 0.3) is 0 Å². The number of methoxy groups -OCH3 is 1. The third kappa shape index (κ3) is 8.04. The van der Waals surface area contributed by atoms with Crippen LogP contribution in [0, 0.1) is 0 Å². The van der Waals surface area contributed by atoms with Gasteiger partial charge in [0.1, 0.15) is 17.0 Å². The fraction of sp³-hybridized carbons (Fsp3) is 0.296. The van der Waals surface area contributed by atoms with Gasteiger partial charge in [0, 0.05) is 12.8 Å². The van der Waals surface area contributed by atoms with Gasteiger partial charge < -0.3 is 20.3 Å². The molecule has 0 saturated heterocycles. The van der Waals surface area contributed by atoms with Crippen LogP contribution in [0.2, 0.25) is 0 Å². The number of aliphatic hydroxyl groups is 2. The highest BCUT2D eigenvalue weighted by Crippen LogP contribution is 2.23. The van der Waals surface area contributed by atoms with Crippen LogP contribution in [0.3, 0.4) is 0 Å². The number of rotatable bonds is 13. The highest BCUT2D eigenvalue weighted by atomic mass is 32.1. The number of carbonyl (C=O) groups excluding carboxylic acids is 1. The third-order valence-corrected chi connectivity index (χ3v) is 6.63. The number of aliphatic hydroxyl groups excluding tert-OH is 2. The number of anilines is 2. The summed E-state index contributed by atoms with van der Waals surface area (Å²) in [6.07, 6.45) is 1.61. The van der Waals surface area contributed by atoms with Crippen molar-refractivity contribution < 1.29 is 19.7 Å². The molecule has 38 heavy (non-hydrogen) atoms. The highest BCUT2D eigenvalue weighted by molar-refractivity contribution is 7.15. The van der Waals surface area contributed by atoms with Crippen LogP contribution in [-0.2, 0) is 24.1 Å². The zero-order valence-electron chi connectivity index (χ0n) is 20.9. The first-order valence-electron chi connectivity index (χ1n) is 12.3. The number of ether oxygens (including phenoxy) is 1. The molecule has 0 aliphatic carbocycles. The molecule has 0 aliphatic heterocycles. The van der Waals surface area contributed by atoms with E-state index >= 15 is 0 Å². The fourth-order valence-corrected chi connectivity index (χ4v) is 4.54. The highest BCUT2D eigenvalue weighted by Gasteiger charge is 2.19. The van der Waals surface area contributed by atoms with Crippen molar-refractivity contribution in [3.63, 3.8) is 0 Å². The van der Waals surface area contributed by atoms with E-state index in [1.54, 1.807) is 24.3 Å². The minimum atomic E-state index is -1.34. The lowest BCUT2D eigenvalue weighted by molar-refractivity contribution is -0.124. The molecular weight excluding hydrogens is 504 g/mol. The van der Waals surface area contributed by atoms with Crippen molar-refractivity contribution in [2.24, 2.45) is 0 Å². The Labute approximate surface area is 224 Å². The predicted molar refractivity (Wildman–Crippen MR) is 145 cm³/mol. The van der Waals surface area contributed by atoms with E-state index in [0.29, 0.717) is 35.1 Å². The monoisotopic (exact) mass is 534 g/mol. The first-order chi connectivity index (χ1) is 18.5. The molecule has 0 fully saturated rings. The molecule has 2 unspecified atom stereocenters. The lowest BCUT2D eigenvalue weighted by atomic mass is 10.1. The Hall–Kier alpha value is -3.93. The van der Waals surface area contributed by atoms with E-state index in [-0.39, 0.29) is 0 Å². The number of aromatic nitrogens is 4. The molecule has 4 aromatic rings. The zero-order chi connectivity index (χ0) is 26.7. The second-order valence-corrected chi connectivity index (χ2v) is 9.70. The van der Waals surface area contributed by atoms with Crippen molar-refractivity contribution in [1.29, 1.82) is 0 Å². The maximum absolute atomic E-state index is 12.4. The van der Waals surface area contributed by atoms with Gasteiger partial charge in [0.15, 0.2) is 11.9 Å². The smallest absolute Gasteiger partial charge is 0.259 e. The number of aryl methyl sites for hydroxylation is 2. The van der Waals surface area contributed by atoms with Crippen LogP contribution < -0.4 is 15.4 Å². The van der Waals surface area contributed by atoms with Crippen LogP contribution >= 0.6 is 11.3 Å². The van der Waals surface area contributed by atoms with Crippen molar-refractivity contribution in [3.05, 3.63) is 88.6 Å². The van der Waals surface area contributed by atoms with Crippen molar-refractivity contribution in [3.8, 4) is 5.75 Å². The Kier molecular flexibility index (Phi) is 9.68. The summed E-state index contributed by atoms with van der Waals surface area (Å²) in [5, 5.41) is 43.8. The van der Waals surface area contributed by atoms with Gasteiger partial charge in [0.05, 0.1) is 12.8 Å². The number of hydrogen-bond acceptors (Lipinski definition) is 10. The van der Waals surface area contributed by atoms with Gasteiger partial charge in [-0.05, 0) is 54.7 Å². The second kappa shape index (κ2) is 13.6. The minimum Gasteiger partial charge on any atom is -0.497 e. The summed E-state index contributed by atoms with van der Waals surface area (Å²) in [5.74, 6) is 0.506. The second-order valence-electron chi connectivity index (χ2n) is 8.64. The zero-order valence-corrected chi connectivity index (χ0v) is 21.8. The summed E-state index contributed by atoms with van der Waals surface area (Å²) in [5.41, 5.74) is 2.33. The van der Waals surface area contributed by atoms with Gasteiger partial charge in [0.25, 0.3) is 5.91 Å².